The zero-order valence-corrected chi connectivity index (χ0v) is 11.1. The molecule has 1 heterocycles. The summed E-state index contributed by atoms with van der Waals surface area (Å²) in [6.45, 7) is 0.693. The standard InChI is InChI=1S/C13H20N4O2/c1-19-13-10(14)6-7-11(17-13)15-8-2-3-12(18)16-9-4-5-9/h6-7,9H,2-5,8,14H2,1H3,(H,15,17)(H,16,18). The fourth-order valence-electron chi connectivity index (χ4n) is 1.71. The smallest absolute Gasteiger partial charge is 0.238 e. The van der Waals surface area contributed by atoms with Crippen LogP contribution in [0.4, 0.5) is 11.5 Å². The van der Waals surface area contributed by atoms with E-state index in [1.54, 1.807) is 12.1 Å². The molecule has 0 saturated heterocycles. The SMILES string of the molecule is COc1nc(NCCCC(=O)NC2CC2)ccc1N. The van der Waals surface area contributed by atoms with Crippen LogP contribution in [0.25, 0.3) is 0 Å². The number of nitrogens with two attached hydrogens (primary N) is 1. The highest BCUT2D eigenvalue weighted by atomic mass is 16.5. The quantitative estimate of drug-likeness (QED) is 0.643. The van der Waals surface area contributed by atoms with Crippen LogP contribution in [0.5, 0.6) is 5.88 Å². The van der Waals surface area contributed by atoms with Gasteiger partial charge in [0.1, 0.15) is 5.82 Å². The number of hydrogen-bond acceptors (Lipinski definition) is 5. The van der Waals surface area contributed by atoms with E-state index in [0.717, 1.165) is 19.3 Å². The first-order chi connectivity index (χ1) is 9.19. The maximum atomic E-state index is 11.5. The number of hydrogen-bond donors (Lipinski definition) is 3. The summed E-state index contributed by atoms with van der Waals surface area (Å²) >= 11 is 0. The Labute approximate surface area is 112 Å². The summed E-state index contributed by atoms with van der Waals surface area (Å²) in [6.07, 6.45) is 3.56. The molecule has 2 rings (SSSR count). The number of carbonyl (C=O) groups excluding carboxylic acids is 1. The van der Waals surface area contributed by atoms with Gasteiger partial charge in [-0.2, -0.15) is 4.98 Å². The number of nitrogen functional groups attached to an aromatic ring is 1. The first-order valence-electron chi connectivity index (χ1n) is 6.53. The Bertz CT molecular complexity index is 446. The van der Waals surface area contributed by atoms with Gasteiger partial charge in [0.25, 0.3) is 0 Å². The zero-order chi connectivity index (χ0) is 13.7. The number of methoxy groups -OCH3 is 1. The van der Waals surface area contributed by atoms with E-state index in [1.165, 1.54) is 7.11 Å². The minimum Gasteiger partial charge on any atom is -0.479 e. The Hall–Kier alpha value is -1.98. The Kier molecular flexibility index (Phi) is 4.43. The van der Waals surface area contributed by atoms with Gasteiger partial charge < -0.3 is 21.1 Å². The van der Waals surface area contributed by atoms with E-state index < -0.39 is 0 Å². The molecule has 0 aromatic carbocycles. The molecule has 19 heavy (non-hydrogen) atoms. The highest BCUT2D eigenvalue weighted by molar-refractivity contribution is 5.76. The highest BCUT2D eigenvalue weighted by Crippen LogP contribution is 2.20. The lowest BCUT2D eigenvalue weighted by Gasteiger charge is -2.08. The Morgan fingerprint density at radius 1 is 1.53 bits per heavy atom. The van der Waals surface area contributed by atoms with Crippen molar-refractivity contribution in [3.8, 4) is 5.88 Å². The summed E-state index contributed by atoms with van der Waals surface area (Å²) in [5, 5.41) is 6.10. The molecule has 0 atom stereocenters. The number of rotatable bonds is 7. The third kappa shape index (κ3) is 4.31. The molecule has 1 aliphatic carbocycles. The summed E-state index contributed by atoms with van der Waals surface area (Å²) < 4.78 is 5.04. The second-order valence-electron chi connectivity index (χ2n) is 4.67. The predicted molar refractivity (Wildman–Crippen MR) is 74.1 cm³/mol. The van der Waals surface area contributed by atoms with Gasteiger partial charge in [-0.3, -0.25) is 4.79 Å². The number of amides is 1. The van der Waals surface area contributed by atoms with Crippen molar-refractivity contribution in [2.45, 2.75) is 31.7 Å². The van der Waals surface area contributed by atoms with Crippen LogP contribution in [-0.4, -0.2) is 30.6 Å². The molecule has 104 valence electrons. The number of aromatic nitrogens is 1. The van der Waals surface area contributed by atoms with E-state index >= 15 is 0 Å². The van der Waals surface area contributed by atoms with Crippen LogP contribution in [0.3, 0.4) is 0 Å². The molecule has 0 radical (unpaired) electrons. The molecule has 1 amide bonds. The van der Waals surface area contributed by atoms with Crippen LogP contribution in [0, 0.1) is 0 Å². The Morgan fingerprint density at radius 2 is 2.32 bits per heavy atom. The lowest BCUT2D eigenvalue weighted by atomic mass is 10.3. The van der Waals surface area contributed by atoms with Gasteiger partial charge in [-0.1, -0.05) is 0 Å². The molecule has 1 aromatic heterocycles. The van der Waals surface area contributed by atoms with E-state index in [0.29, 0.717) is 36.4 Å². The van der Waals surface area contributed by atoms with Crippen LogP contribution in [0.2, 0.25) is 0 Å². The lowest BCUT2D eigenvalue weighted by molar-refractivity contribution is -0.121. The molecule has 0 unspecified atom stereocenters. The summed E-state index contributed by atoms with van der Waals surface area (Å²) in [5.74, 6) is 1.25. The molecular weight excluding hydrogens is 244 g/mol. The van der Waals surface area contributed by atoms with Gasteiger partial charge in [0, 0.05) is 19.0 Å². The van der Waals surface area contributed by atoms with E-state index in [-0.39, 0.29) is 5.91 Å². The molecule has 0 spiro atoms. The fourth-order valence-corrected chi connectivity index (χ4v) is 1.71. The van der Waals surface area contributed by atoms with Gasteiger partial charge in [-0.15, -0.1) is 0 Å². The van der Waals surface area contributed by atoms with Crippen molar-refractivity contribution in [2.75, 3.05) is 24.7 Å². The maximum absolute atomic E-state index is 11.5. The van der Waals surface area contributed by atoms with Crippen LogP contribution in [0.15, 0.2) is 12.1 Å². The topological polar surface area (TPSA) is 89.3 Å². The minimum atomic E-state index is 0.132. The predicted octanol–water partition coefficient (Wildman–Crippen LogP) is 1.14. The van der Waals surface area contributed by atoms with E-state index in [9.17, 15) is 4.79 Å². The molecule has 0 bridgehead atoms. The van der Waals surface area contributed by atoms with Crippen molar-refractivity contribution in [1.29, 1.82) is 0 Å². The second kappa shape index (κ2) is 6.26. The van der Waals surface area contributed by atoms with Crippen LogP contribution >= 0.6 is 0 Å². The van der Waals surface area contributed by atoms with Gasteiger partial charge >= 0.3 is 0 Å². The van der Waals surface area contributed by atoms with Gasteiger partial charge in [0.05, 0.1) is 12.8 Å². The number of anilines is 2. The van der Waals surface area contributed by atoms with Crippen LogP contribution in [0.1, 0.15) is 25.7 Å². The number of ether oxygens (including phenoxy) is 1. The van der Waals surface area contributed by atoms with E-state index in [4.69, 9.17) is 10.5 Å². The van der Waals surface area contributed by atoms with E-state index in [1.807, 2.05) is 0 Å². The van der Waals surface area contributed by atoms with Gasteiger partial charge in [0.15, 0.2) is 0 Å². The molecular formula is C13H20N4O2. The molecule has 1 aromatic rings. The van der Waals surface area contributed by atoms with Crippen molar-refractivity contribution in [1.82, 2.24) is 10.3 Å². The normalized spacial score (nSPS) is 13.9. The number of nitrogens with one attached hydrogen (secondary N) is 2. The summed E-state index contributed by atoms with van der Waals surface area (Å²) in [5.41, 5.74) is 6.19. The molecule has 0 aliphatic heterocycles. The zero-order valence-electron chi connectivity index (χ0n) is 11.1. The number of pyridine rings is 1. The molecule has 1 aliphatic rings. The number of carbonyl (C=O) groups is 1. The first kappa shape index (κ1) is 13.5. The monoisotopic (exact) mass is 264 g/mol. The Morgan fingerprint density at radius 3 is 3.00 bits per heavy atom. The second-order valence-corrected chi connectivity index (χ2v) is 4.67. The average Bonchev–Trinajstić information content (AvgIpc) is 3.20. The van der Waals surface area contributed by atoms with E-state index in [2.05, 4.69) is 15.6 Å². The summed E-state index contributed by atoms with van der Waals surface area (Å²) in [6, 6.07) is 3.97. The molecule has 6 heteroatoms. The lowest BCUT2D eigenvalue weighted by Crippen LogP contribution is -2.25. The van der Waals surface area contributed by atoms with Gasteiger partial charge in [-0.05, 0) is 31.4 Å². The van der Waals surface area contributed by atoms with Crippen molar-refractivity contribution >= 4 is 17.4 Å². The molecule has 1 saturated carbocycles. The minimum absolute atomic E-state index is 0.132. The van der Waals surface area contributed by atoms with Crippen LogP contribution < -0.4 is 21.1 Å². The molecule has 6 nitrogen and oxygen atoms in total. The van der Waals surface area contributed by atoms with Crippen molar-refractivity contribution in [2.24, 2.45) is 0 Å². The number of nitrogens with zero attached hydrogens (tertiary/aromatic N) is 1. The third-order valence-corrected chi connectivity index (χ3v) is 2.91. The highest BCUT2D eigenvalue weighted by Gasteiger charge is 2.22. The van der Waals surface area contributed by atoms with Crippen molar-refractivity contribution in [3.05, 3.63) is 12.1 Å². The van der Waals surface area contributed by atoms with Crippen molar-refractivity contribution in [3.63, 3.8) is 0 Å². The van der Waals surface area contributed by atoms with Gasteiger partial charge in [0.2, 0.25) is 11.8 Å². The van der Waals surface area contributed by atoms with Gasteiger partial charge in [-0.25, -0.2) is 0 Å². The average molecular weight is 264 g/mol. The third-order valence-electron chi connectivity index (χ3n) is 2.91. The van der Waals surface area contributed by atoms with Crippen molar-refractivity contribution < 1.29 is 9.53 Å². The largest absolute Gasteiger partial charge is 0.479 e. The summed E-state index contributed by atoms with van der Waals surface area (Å²) in [4.78, 5) is 15.7. The maximum Gasteiger partial charge on any atom is 0.238 e. The summed E-state index contributed by atoms with van der Waals surface area (Å²) in [7, 11) is 1.53. The van der Waals surface area contributed by atoms with Crippen LogP contribution in [-0.2, 0) is 4.79 Å². The molecule has 1 fully saturated rings. The first-order valence-corrected chi connectivity index (χ1v) is 6.53. The Balaban J connectivity index is 1.68. The molecule has 4 N–H and O–H groups in total. The fraction of sp³-hybridized carbons (Fsp3) is 0.538.